The van der Waals surface area contributed by atoms with Crippen LogP contribution in [0.4, 0.5) is 0 Å². The monoisotopic (exact) mass is 417 g/mol. The van der Waals surface area contributed by atoms with Gasteiger partial charge in [-0.1, -0.05) is 6.92 Å². The normalized spacial score (nSPS) is 15.3. The van der Waals surface area contributed by atoms with Crippen molar-refractivity contribution in [2.24, 2.45) is 7.05 Å². The van der Waals surface area contributed by atoms with E-state index in [1.54, 1.807) is 0 Å². The lowest BCUT2D eigenvalue weighted by molar-refractivity contribution is 0.0691. The average molecular weight is 418 g/mol. The minimum Gasteiger partial charge on any atom is -0.506 e. The maximum atomic E-state index is 12.4. The molecule has 154 valence electrons. The largest absolute Gasteiger partial charge is 0.506 e. The van der Waals surface area contributed by atoms with E-state index in [-0.39, 0.29) is 18.3 Å². The third-order valence-electron chi connectivity index (χ3n) is 5.80. The molecule has 0 amide bonds. The van der Waals surface area contributed by atoms with Gasteiger partial charge in [0.2, 0.25) is 0 Å². The number of hydrogen-bond acceptors (Lipinski definition) is 4. The summed E-state index contributed by atoms with van der Waals surface area (Å²) in [7, 11) is 3.93. The number of carboxylic acid groups (broad SMARTS) is 1. The molecule has 0 aliphatic heterocycles. The third-order valence-corrected chi connectivity index (χ3v) is 5.80. The second kappa shape index (κ2) is 7.57. The Balaban J connectivity index is 0.00000240. The number of nitrogens with one attached hydrogen (secondary N) is 2. The highest BCUT2D eigenvalue weighted by Gasteiger charge is 2.28. The molecule has 2 aromatic heterocycles. The fourth-order valence-corrected chi connectivity index (χ4v) is 4.25. The van der Waals surface area contributed by atoms with Crippen LogP contribution in [0.5, 0.6) is 5.75 Å². The molecular formula is C21H24ClN3O4. The molecule has 1 aliphatic rings. The predicted octanol–water partition coefficient (Wildman–Crippen LogP) is 3.13. The van der Waals surface area contributed by atoms with E-state index in [9.17, 15) is 19.8 Å². The van der Waals surface area contributed by atoms with Crippen LogP contribution in [0.3, 0.4) is 0 Å². The minimum atomic E-state index is -1.42. The van der Waals surface area contributed by atoms with Gasteiger partial charge in [0.25, 0.3) is 5.56 Å². The third kappa shape index (κ3) is 3.20. The topological polar surface area (TPSA) is 107 Å². The summed E-state index contributed by atoms with van der Waals surface area (Å²) in [5.74, 6) is -1.64. The zero-order valence-corrected chi connectivity index (χ0v) is 17.3. The lowest BCUT2D eigenvalue weighted by atomic mass is 9.92. The number of aromatic hydroxyl groups is 1. The zero-order chi connectivity index (χ0) is 20.2. The Hall–Kier alpha value is -2.77. The standard InChI is InChI=1S/C21H23N3O4.ClH/c1-10-4-5-13-18(23-20(26)17(19(13)25)21(27)28)15-7-11-6-12(9-22-2)24(3)16(11)8-14(10)15;/h6-8,10,22H,4-5,9H2,1-3H3,(H,27,28)(H2,23,25,26);1H. The molecule has 7 nitrogen and oxygen atoms in total. The van der Waals surface area contributed by atoms with E-state index in [1.807, 2.05) is 20.2 Å². The van der Waals surface area contributed by atoms with Crippen molar-refractivity contribution in [1.29, 1.82) is 0 Å². The SMILES string of the molecule is CNCc1cc2cc3c(cc2n1C)C(C)CCc1c-3[nH]c(=O)c(C(=O)O)c1O.Cl. The van der Waals surface area contributed by atoms with E-state index in [1.165, 1.54) is 0 Å². The summed E-state index contributed by atoms with van der Waals surface area (Å²) in [6, 6.07) is 6.27. The number of halogens is 1. The van der Waals surface area contributed by atoms with Gasteiger partial charge in [0, 0.05) is 41.3 Å². The first-order valence-corrected chi connectivity index (χ1v) is 9.32. The molecule has 3 aromatic rings. The first kappa shape index (κ1) is 21.0. The lowest BCUT2D eigenvalue weighted by Gasteiger charge is -2.15. The molecule has 1 atom stereocenters. The van der Waals surface area contributed by atoms with Crippen molar-refractivity contribution in [2.75, 3.05) is 7.05 Å². The van der Waals surface area contributed by atoms with Gasteiger partial charge in [-0.05, 0) is 49.6 Å². The maximum absolute atomic E-state index is 12.4. The number of nitrogens with zero attached hydrogens (tertiary/aromatic N) is 1. The molecule has 0 spiro atoms. The number of pyridine rings is 1. The van der Waals surface area contributed by atoms with Crippen LogP contribution in [0.1, 0.15) is 46.4 Å². The van der Waals surface area contributed by atoms with Gasteiger partial charge in [-0.3, -0.25) is 4.79 Å². The molecule has 0 saturated carbocycles. The number of aromatic carboxylic acids is 1. The Labute approximate surface area is 173 Å². The summed E-state index contributed by atoms with van der Waals surface area (Å²) >= 11 is 0. The number of H-pyrrole nitrogens is 1. The number of carboxylic acids is 1. The molecule has 0 bridgehead atoms. The van der Waals surface area contributed by atoms with Crippen molar-refractivity contribution in [1.82, 2.24) is 14.9 Å². The molecule has 4 N–H and O–H groups in total. The highest BCUT2D eigenvalue weighted by Crippen LogP contribution is 2.42. The second-order valence-corrected chi connectivity index (χ2v) is 7.50. The van der Waals surface area contributed by atoms with E-state index < -0.39 is 22.8 Å². The van der Waals surface area contributed by atoms with Gasteiger partial charge < -0.3 is 25.1 Å². The number of hydrogen-bond donors (Lipinski definition) is 4. The summed E-state index contributed by atoms with van der Waals surface area (Å²) in [4.78, 5) is 26.5. The van der Waals surface area contributed by atoms with E-state index in [4.69, 9.17) is 0 Å². The van der Waals surface area contributed by atoms with Gasteiger partial charge in [-0.25, -0.2) is 4.79 Å². The van der Waals surface area contributed by atoms with E-state index in [2.05, 4.69) is 33.9 Å². The van der Waals surface area contributed by atoms with Crippen LogP contribution >= 0.6 is 12.4 Å². The first-order valence-electron chi connectivity index (χ1n) is 9.32. The van der Waals surface area contributed by atoms with Crippen LogP contribution < -0.4 is 10.9 Å². The van der Waals surface area contributed by atoms with Gasteiger partial charge in [0.05, 0.1) is 5.69 Å². The molecule has 0 radical (unpaired) electrons. The van der Waals surface area contributed by atoms with Crippen molar-refractivity contribution in [3.05, 3.63) is 50.9 Å². The van der Waals surface area contributed by atoms with Gasteiger partial charge in [0.15, 0.2) is 5.56 Å². The Morgan fingerprint density at radius 3 is 2.72 bits per heavy atom. The highest BCUT2D eigenvalue weighted by atomic mass is 35.5. The molecule has 1 unspecified atom stereocenters. The summed E-state index contributed by atoms with van der Waals surface area (Å²) in [5.41, 5.74) is 3.82. The minimum absolute atomic E-state index is 0. The Bertz CT molecular complexity index is 1180. The second-order valence-electron chi connectivity index (χ2n) is 7.50. The van der Waals surface area contributed by atoms with Gasteiger partial charge in [-0.15, -0.1) is 12.4 Å². The van der Waals surface area contributed by atoms with E-state index in [0.717, 1.165) is 40.7 Å². The van der Waals surface area contributed by atoms with Crippen LogP contribution in [0.15, 0.2) is 23.0 Å². The number of aromatic amines is 1. The molecule has 2 heterocycles. The Kier molecular flexibility index (Phi) is 5.47. The molecule has 1 aromatic carbocycles. The number of aryl methyl sites for hydroxylation is 1. The summed E-state index contributed by atoms with van der Waals surface area (Å²) in [6.07, 6.45) is 1.24. The quantitative estimate of drug-likeness (QED) is 0.523. The molecule has 0 fully saturated rings. The number of fused-ring (bicyclic) bond motifs is 4. The number of benzene rings is 1. The number of carbonyl (C=O) groups is 1. The number of aromatic nitrogens is 2. The van der Waals surface area contributed by atoms with Crippen molar-refractivity contribution in [2.45, 2.75) is 32.2 Å². The maximum Gasteiger partial charge on any atom is 0.345 e. The van der Waals surface area contributed by atoms with Crippen molar-refractivity contribution in [3.63, 3.8) is 0 Å². The lowest BCUT2D eigenvalue weighted by Crippen LogP contribution is -2.20. The summed E-state index contributed by atoms with van der Waals surface area (Å²) in [5, 5.41) is 24.0. The number of rotatable bonds is 3. The van der Waals surface area contributed by atoms with Gasteiger partial charge in [-0.2, -0.15) is 0 Å². The van der Waals surface area contributed by atoms with Gasteiger partial charge in [0.1, 0.15) is 5.75 Å². The van der Waals surface area contributed by atoms with Crippen LogP contribution in [0.2, 0.25) is 0 Å². The summed E-state index contributed by atoms with van der Waals surface area (Å²) in [6.45, 7) is 2.85. The average Bonchev–Trinajstić information content (AvgIpc) is 2.86. The highest BCUT2D eigenvalue weighted by molar-refractivity contribution is 5.93. The van der Waals surface area contributed by atoms with Crippen LogP contribution in [-0.4, -0.2) is 32.8 Å². The fraction of sp³-hybridized carbons (Fsp3) is 0.333. The molecule has 1 aliphatic carbocycles. The molecule has 0 saturated heterocycles. The zero-order valence-electron chi connectivity index (χ0n) is 16.5. The van der Waals surface area contributed by atoms with Crippen molar-refractivity contribution < 1.29 is 15.0 Å². The molecule has 8 heteroatoms. The molecular weight excluding hydrogens is 394 g/mol. The predicted molar refractivity (Wildman–Crippen MR) is 114 cm³/mol. The van der Waals surface area contributed by atoms with Crippen molar-refractivity contribution in [3.8, 4) is 17.0 Å². The van der Waals surface area contributed by atoms with E-state index in [0.29, 0.717) is 17.7 Å². The van der Waals surface area contributed by atoms with E-state index >= 15 is 0 Å². The van der Waals surface area contributed by atoms with Crippen LogP contribution in [0, 0.1) is 0 Å². The van der Waals surface area contributed by atoms with Crippen LogP contribution in [-0.2, 0) is 20.0 Å². The molecule has 4 rings (SSSR count). The summed E-state index contributed by atoms with van der Waals surface area (Å²) < 4.78 is 2.15. The Morgan fingerprint density at radius 1 is 1.34 bits per heavy atom. The van der Waals surface area contributed by atoms with Crippen molar-refractivity contribution >= 4 is 29.3 Å². The van der Waals surface area contributed by atoms with Gasteiger partial charge >= 0.3 is 5.97 Å². The Morgan fingerprint density at radius 2 is 2.07 bits per heavy atom. The smallest absolute Gasteiger partial charge is 0.345 e. The fourth-order valence-electron chi connectivity index (χ4n) is 4.25. The first-order chi connectivity index (χ1) is 13.3. The van der Waals surface area contributed by atoms with Crippen LogP contribution in [0.25, 0.3) is 22.2 Å². The molecule has 29 heavy (non-hydrogen) atoms.